The second kappa shape index (κ2) is 7.36. The van der Waals surface area contributed by atoms with Crippen molar-refractivity contribution in [3.63, 3.8) is 0 Å². The normalized spacial score (nSPS) is 10.4. The Hall–Kier alpha value is -1.69. The molecule has 5 nitrogen and oxygen atoms in total. The molecule has 110 valence electrons. The highest BCUT2D eigenvalue weighted by atomic mass is 35.5. The van der Waals surface area contributed by atoms with Gasteiger partial charge in [0.15, 0.2) is 0 Å². The molecule has 7 heteroatoms. The lowest BCUT2D eigenvalue weighted by Gasteiger charge is -2.10. The molecule has 2 rings (SSSR count). The average molecular weight is 325 g/mol. The molecular weight excluding hydrogens is 311 g/mol. The van der Waals surface area contributed by atoms with Crippen LogP contribution < -0.4 is 10.6 Å². The van der Waals surface area contributed by atoms with Crippen LogP contribution in [0.2, 0.25) is 10.4 Å². The van der Waals surface area contributed by atoms with Crippen LogP contribution in [0.5, 0.6) is 0 Å². The van der Waals surface area contributed by atoms with Crippen LogP contribution in [0, 0.1) is 0 Å². The number of aromatic nitrogens is 2. The first kappa shape index (κ1) is 15.7. The lowest BCUT2D eigenvalue weighted by molar-refractivity contribution is 0.102. The standard InChI is InChI=1S/C14H14Cl2N4O/c1-17-7-6-9-4-2-3-5-10(9)13(21)19-12-8-11(15)18-14(16)20-12/h2-5,8,17H,6-7H2,1H3,(H,18,19,20,21). The van der Waals surface area contributed by atoms with Gasteiger partial charge >= 0.3 is 0 Å². The van der Waals surface area contributed by atoms with Crippen molar-refractivity contribution in [2.75, 3.05) is 18.9 Å². The number of halogens is 2. The van der Waals surface area contributed by atoms with Crippen LogP contribution in [-0.4, -0.2) is 29.5 Å². The van der Waals surface area contributed by atoms with Crippen molar-refractivity contribution in [1.82, 2.24) is 15.3 Å². The second-order valence-corrected chi connectivity index (χ2v) is 5.04. The summed E-state index contributed by atoms with van der Waals surface area (Å²) in [5.41, 5.74) is 1.55. The zero-order valence-electron chi connectivity index (χ0n) is 11.4. The number of hydrogen-bond donors (Lipinski definition) is 2. The molecule has 0 radical (unpaired) electrons. The molecule has 0 aliphatic heterocycles. The zero-order valence-corrected chi connectivity index (χ0v) is 12.9. The number of likely N-dealkylation sites (N-methyl/N-ethyl adjacent to an activating group) is 1. The van der Waals surface area contributed by atoms with Crippen molar-refractivity contribution in [3.05, 3.63) is 51.9 Å². The molecule has 0 spiro atoms. The predicted octanol–water partition coefficient (Wildman–Crippen LogP) is 2.80. The third-order valence-corrected chi connectivity index (χ3v) is 3.18. The highest BCUT2D eigenvalue weighted by Crippen LogP contribution is 2.16. The zero-order chi connectivity index (χ0) is 15.2. The van der Waals surface area contributed by atoms with Crippen molar-refractivity contribution in [2.24, 2.45) is 0 Å². The molecule has 21 heavy (non-hydrogen) atoms. The Balaban J connectivity index is 2.20. The highest BCUT2D eigenvalue weighted by molar-refractivity contribution is 6.32. The molecule has 0 fully saturated rings. The highest BCUT2D eigenvalue weighted by Gasteiger charge is 2.12. The molecule has 0 aliphatic rings. The van der Waals surface area contributed by atoms with Crippen LogP contribution in [0.1, 0.15) is 15.9 Å². The van der Waals surface area contributed by atoms with Crippen LogP contribution in [0.25, 0.3) is 0 Å². The van der Waals surface area contributed by atoms with Gasteiger partial charge in [0.25, 0.3) is 5.91 Å². The number of benzene rings is 1. The molecule has 0 bridgehead atoms. The van der Waals surface area contributed by atoms with Crippen LogP contribution in [0.15, 0.2) is 30.3 Å². The first-order valence-electron chi connectivity index (χ1n) is 6.34. The number of rotatable bonds is 5. The fourth-order valence-corrected chi connectivity index (χ4v) is 2.27. The van der Waals surface area contributed by atoms with Gasteiger partial charge < -0.3 is 10.6 Å². The number of carbonyl (C=O) groups excluding carboxylic acids is 1. The van der Waals surface area contributed by atoms with E-state index in [1.807, 2.05) is 25.2 Å². The Morgan fingerprint density at radius 2 is 2.00 bits per heavy atom. The first-order valence-corrected chi connectivity index (χ1v) is 7.09. The van der Waals surface area contributed by atoms with E-state index < -0.39 is 0 Å². The molecule has 0 saturated heterocycles. The molecule has 0 aliphatic carbocycles. The Kier molecular flexibility index (Phi) is 5.50. The Bertz CT molecular complexity index is 628. The maximum Gasteiger partial charge on any atom is 0.257 e. The number of amides is 1. The number of anilines is 1. The summed E-state index contributed by atoms with van der Waals surface area (Å²) >= 11 is 11.5. The number of nitrogens with zero attached hydrogens (tertiary/aromatic N) is 2. The van der Waals surface area contributed by atoms with Gasteiger partial charge in [0, 0.05) is 11.6 Å². The topological polar surface area (TPSA) is 66.9 Å². The van der Waals surface area contributed by atoms with Gasteiger partial charge in [0.2, 0.25) is 5.28 Å². The number of hydrogen-bond acceptors (Lipinski definition) is 4. The molecule has 2 aromatic rings. The van der Waals surface area contributed by atoms with Gasteiger partial charge in [-0.1, -0.05) is 29.8 Å². The van der Waals surface area contributed by atoms with E-state index in [9.17, 15) is 4.79 Å². The lowest BCUT2D eigenvalue weighted by Crippen LogP contribution is -2.18. The van der Waals surface area contributed by atoms with E-state index >= 15 is 0 Å². The summed E-state index contributed by atoms with van der Waals surface area (Å²) in [6.07, 6.45) is 0.755. The summed E-state index contributed by atoms with van der Waals surface area (Å²) in [6, 6.07) is 8.86. The predicted molar refractivity (Wildman–Crippen MR) is 84.1 cm³/mol. The van der Waals surface area contributed by atoms with Gasteiger partial charge in [-0.2, -0.15) is 0 Å². The maximum atomic E-state index is 12.3. The Morgan fingerprint density at radius 3 is 2.71 bits per heavy atom. The summed E-state index contributed by atoms with van der Waals surface area (Å²) in [6.45, 7) is 0.787. The van der Waals surface area contributed by atoms with Crippen LogP contribution in [0.3, 0.4) is 0 Å². The molecule has 0 saturated carbocycles. The number of nitrogens with one attached hydrogen (secondary N) is 2. The summed E-state index contributed by atoms with van der Waals surface area (Å²) in [5, 5.41) is 5.90. The molecule has 2 N–H and O–H groups in total. The number of carbonyl (C=O) groups is 1. The van der Waals surface area contributed by atoms with E-state index in [0.29, 0.717) is 5.56 Å². The van der Waals surface area contributed by atoms with Crippen molar-refractivity contribution in [1.29, 1.82) is 0 Å². The van der Waals surface area contributed by atoms with Crippen LogP contribution >= 0.6 is 23.2 Å². The first-order chi connectivity index (χ1) is 10.1. The van der Waals surface area contributed by atoms with E-state index in [1.54, 1.807) is 6.07 Å². The summed E-state index contributed by atoms with van der Waals surface area (Å²) in [5.74, 6) is 0.0148. The molecule has 1 amide bonds. The minimum atomic E-state index is -0.257. The van der Waals surface area contributed by atoms with E-state index in [-0.39, 0.29) is 22.2 Å². The summed E-state index contributed by atoms with van der Waals surface area (Å²) < 4.78 is 0. The van der Waals surface area contributed by atoms with Crippen molar-refractivity contribution in [3.8, 4) is 0 Å². The molecular formula is C14H14Cl2N4O. The largest absolute Gasteiger partial charge is 0.319 e. The van der Waals surface area contributed by atoms with Gasteiger partial charge in [-0.15, -0.1) is 0 Å². The Labute approximate surface area is 132 Å². The van der Waals surface area contributed by atoms with E-state index in [4.69, 9.17) is 23.2 Å². The Morgan fingerprint density at radius 1 is 1.24 bits per heavy atom. The van der Waals surface area contributed by atoms with Gasteiger partial charge in [0.1, 0.15) is 11.0 Å². The SMILES string of the molecule is CNCCc1ccccc1C(=O)Nc1cc(Cl)nc(Cl)n1. The third kappa shape index (κ3) is 4.39. The van der Waals surface area contributed by atoms with Crippen LogP contribution in [0.4, 0.5) is 5.82 Å². The van der Waals surface area contributed by atoms with E-state index in [0.717, 1.165) is 18.5 Å². The monoisotopic (exact) mass is 324 g/mol. The fourth-order valence-electron chi connectivity index (χ4n) is 1.86. The quantitative estimate of drug-likeness (QED) is 0.655. The minimum absolute atomic E-state index is 0.0127. The molecule has 1 aromatic heterocycles. The molecule has 0 atom stereocenters. The third-order valence-electron chi connectivity index (χ3n) is 2.82. The van der Waals surface area contributed by atoms with Gasteiger partial charge in [-0.05, 0) is 43.2 Å². The van der Waals surface area contributed by atoms with E-state index in [1.165, 1.54) is 6.07 Å². The fraction of sp³-hybridized carbons (Fsp3) is 0.214. The maximum absolute atomic E-state index is 12.3. The van der Waals surface area contributed by atoms with Gasteiger partial charge in [-0.3, -0.25) is 4.79 Å². The molecule has 0 unspecified atom stereocenters. The van der Waals surface area contributed by atoms with Crippen molar-refractivity contribution >= 4 is 34.9 Å². The summed E-state index contributed by atoms with van der Waals surface area (Å²) in [4.78, 5) is 20.0. The van der Waals surface area contributed by atoms with Crippen molar-refractivity contribution in [2.45, 2.75) is 6.42 Å². The van der Waals surface area contributed by atoms with E-state index in [2.05, 4.69) is 20.6 Å². The summed E-state index contributed by atoms with van der Waals surface area (Å²) in [7, 11) is 1.87. The lowest BCUT2D eigenvalue weighted by atomic mass is 10.0. The van der Waals surface area contributed by atoms with Crippen molar-refractivity contribution < 1.29 is 4.79 Å². The smallest absolute Gasteiger partial charge is 0.257 e. The molecule has 1 heterocycles. The van der Waals surface area contributed by atoms with Gasteiger partial charge in [0.05, 0.1) is 0 Å². The van der Waals surface area contributed by atoms with Gasteiger partial charge in [-0.25, -0.2) is 9.97 Å². The minimum Gasteiger partial charge on any atom is -0.319 e. The average Bonchev–Trinajstić information content (AvgIpc) is 2.44. The second-order valence-electron chi connectivity index (χ2n) is 4.31. The van der Waals surface area contributed by atoms with Crippen LogP contribution in [-0.2, 0) is 6.42 Å². The molecule has 1 aromatic carbocycles.